The Kier molecular flexibility index (Phi) is 4.42. The minimum Gasteiger partial charge on any atom is -0.313 e. The van der Waals surface area contributed by atoms with Crippen molar-refractivity contribution in [1.82, 2.24) is 10.3 Å². The Bertz CT molecular complexity index is 490. The molecule has 0 spiro atoms. The Labute approximate surface area is 122 Å². The number of aryl methyl sites for hydroxylation is 2. The number of nitrogens with zero attached hydrogens (tertiary/aromatic N) is 3. The summed E-state index contributed by atoms with van der Waals surface area (Å²) in [5.41, 5.74) is 1.25. The minimum absolute atomic E-state index is 0. The lowest BCUT2D eigenvalue weighted by atomic mass is 10.0. The van der Waals surface area contributed by atoms with Crippen molar-refractivity contribution in [3.63, 3.8) is 0 Å². The number of carbonyl (C=O) groups excluding carboxylic acids is 1. The highest BCUT2D eigenvalue weighted by Crippen LogP contribution is 2.32. The van der Waals surface area contributed by atoms with E-state index in [0.717, 1.165) is 36.8 Å². The van der Waals surface area contributed by atoms with Crippen LogP contribution in [-0.2, 0) is 17.6 Å². The monoisotopic (exact) mass is 300 g/mol. The smallest absolute Gasteiger partial charge is 0.222 e. The number of aromatic nitrogens is 1. The number of rotatable bonds is 1. The van der Waals surface area contributed by atoms with Crippen LogP contribution in [0.15, 0.2) is 5.10 Å². The van der Waals surface area contributed by atoms with E-state index in [-0.39, 0.29) is 18.3 Å². The molecule has 5 nitrogen and oxygen atoms in total. The van der Waals surface area contributed by atoms with Gasteiger partial charge in [0.25, 0.3) is 0 Å². The Morgan fingerprint density at radius 2 is 2.11 bits per heavy atom. The Balaban J connectivity index is 0.00000133. The summed E-state index contributed by atoms with van der Waals surface area (Å²) in [6.07, 6.45) is 5.56. The van der Waals surface area contributed by atoms with Crippen molar-refractivity contribution in [3.8, 4) is 0 Å². The number of fused-ring (bicyclic) bond motifs is 1. The molecule has 104 valence electrons. The second kappa shape index (κ2) is 5.88. The van der Waals surface area contributed by atoms with Crippen LogP contribution < -0.4 is 10.3 Å². The van der Waals surface area contributed by atoms with Crippen molar-refractivity contribution in [2.45, 2.75) is 39.0 Å². The van der Waals surface area contributed by atoms with Crippen molar-refractivity contribution in [3.05, 3.63) is 10.6 Å². The number of hydrogen-bond donors (Lipinski definition) is 1. The van der Waals surface area contributed by atoms with Gasteiger partial charge in [-0.15, -0.1) is 12.4 Å². The zero-order chi connectivity index (χ0) is 12.5. The Morgan fingerprint density at radius 3 is 2.84 bits per heavy atom. The van der Waals surface area contributed by atoms with E-state index in [1.54, 1.807) is 11.3 Å². The first kappa shape index (κ1) is 14.3. The van der Waals surface area contributed by atoms with Crippen molar-refractivity contribution in [1.29, 1.82) is 0 Å². The van der Waals surface area contributed by atoms with Crippen LogP contribution >= 0.6 is 23.7 Å². The first-order chi connectivity index (χ1) is 8.72. The van der Waals surface area contributed by atoms with Crippen LogP contribution in [0.1, 0.15) is 36.8 Å². The molecular formula is C12H17ClN4OS. The van der Waals surface area contributed by atoms with E-state index >= 15 is 0 Å². The lowest BCUT2D eigenvalue weighted by Crippen LogP contribution is -2.26. The lowest BCUT2D eigenvalue weighted by Gasteiger charge is -2.07. The van der Waals surface area contributed by atoms with Gasteiger partial charge in [0, 0.05) is 18.2 Å². The van der Waals surface area contributed by atoms with Crippen LogP contribution in [0.4, 0.5) is 5.13 Å². The molecule has 1 amide bonds. The van der Waals surface area contributed by atoms with Gasteiger partial charge in [0.05, 0.1) is 12.2 Å². The fraction of sp³-hybridized carbons (Fsp3) is 0.583. The molecule has 19 heavy (non-hydrogen) atoms. The maximum absolute atomic E-state index is 11.0. The molecule has 0 aromatic carbocycles. The number of hydrazone groups is 1. The maximum atomic E-state index is 11.0. The predicted octanol–water partition coefficient (Wildman–Crippen LogP) is 2.10. The molecule has 0 unspecified atom stereocenters. The van der Waals surface area contributed by atoms with Crippen molar-refractivity contribution < 1.29 is 4.79 Å². The minimum atomic E-state index is -0.0611. The fourth-order valence-corrected chi connectivity index (χ4v) is 3.46. The van der Waals surface area contributed by atoms with Gasteiger partial charge in [-0.25, -0.2) is 9.99 Å². The largest absolute Gasteiger partial charge is 0.313 e. The molecule has 1 N–H and O–H groups in total. The van der Waals surface area contributed by atoms with E-state index in [4.69, 9.17) is 0 Å². The van der Waals surface area contributed by atoms with Gasteiger partial charge in [-0.3, -0.25) is 4.79 Å². The summed E-state index contributed by atoms with van der Waals surface area (Å²) in [4.78, 5) is 17.1. The van der Waals surface area contributed by atoms with Gasteiger partial charge < -0.3 is 5.32 Å². The lowest BCUT2D eigenvalue weighted by molar-refractivity contribution is -0.117. The second-order valence-electron chi connectivity index (χ2n) is 4.67. The third kappa shape index (κ3) is 3.06. The molecule has 1 aliphatic heterocycles. The summed E-state index contributed by atoms with van der Waals surface area (Å²) >= 11 is 1.75. The first-order valence-electron chi connectivity index (χ1n) is 6.33. The molecule has 7 heteroatoms. The van der Waals surface area contributed by atoms with Crippen molar-refractivity contribution in [2.24, 2.45) is 5.10 Å². The van der Waals surface area contributed by atoms with E-state index in [2.05, 4.69) is 15.4 Å². The van der Waals surface area contributed by atoms with Crippen LogP contribution in [0.3, 0.4) is 0 Å². The van der Waals surface area contributed by atoms with E-state index < -0.39 is 0 Å². The van der Waals surface area contributed by atoms with Crippen LogP contribution in [0, 0.1) is 0 Å². The fourth-order valence-electron chi connectivity index (χ4n) is 2.34. The molecule has 2 aliphatic rings. The molecule has 0 saturated heterocycles. The van der Waals surface area contributed by atoms with E-state index in [1.165, 1.54) is 30.3 Å². The maximum Gasteiger partial charge on any atom is 0.222 e. The Hall–Kier alpha value is -1.14. The van der Waals surface area contributed by atoms with Gasteiger partial charge in [-0.1, -0.05) is 11.3 Å². The quantitative estimate of drug-likeness (QED) is 0.864. The Morgan fingerprint density at radius 1 is 1.32 bits per heavy atom. The third-order valence-electron chi connectivity index (χ3n) is 3.18. The second-order valence-corrected chi connectivity index (χ2v) is 5.74. The van der Waals surface area contributed by atoms with Gasteiger partial charge in [-0.2, -0.15) is 5.10 Å². The number of amidine groups is 1. The third-order valence-corrected chi connectivity index (χ3v) is 4.35. The van der Waals surface area contributed by atoms with Crippen LogP contribution in [0.25, 0.3) is 0 Å². The molecule has 1 aromatic heterocycles. The summed E-state index contributed by atoms with van der Waals surface area (Å²) in [5.74, 6) is 0.685. The standard InChI is InChI=1S/C12H16N4OS.ClH/c1-8(17)13-11-6-7-16(15-11)12-14-9-4-2-3-5-10(9)18-12;/h2-7H2,1H3,(H,13,15,17);1H. The number of nitrogens with one attached hydrogen (secondary N) is 1. The molecule has 0 atom stereocenters. The highest BCUT2D eigenvalue weighted by Gasteiger charge is 2.22. The average Bonchev–Trinajstić information content (AvgIpc) is 2.93. The summed E-state index contributed by atoms with van der Waals surface area (Å²) in [7, 11) is 0. The molecule has 2 heterocycles. The van der Waals surface area contributed by atoms with E-state index in [9.17, 15) is 4.79 Å². The summed E-state index contributed by atoms with van der Waals surface area (Å²) in [5, 5.41) is 10.0. The summed E-state index contributed by atoms with van der Waals surface area (Å²) in [6, 6.07) is 0. The molecule has 1 aliphatic carbocycles. The van der Waals surface area contributed by atoms with Gasteiger partial charge in [-0.05, 0) is 25.7 Å². The first-order valence-corrected chi connectivity index (χ1v) is 7.15. The van der Waals surface area contributed by atoms with Gasteiger partial charge in [0.1, 0.15) is 5.84 Å². The summed E-state index contributed by atoms with van der Waals surface area (Å²) in [6.45, 7) is 2.31. The molecule has 0 radical (unpaired) electrons. The number of carbonyl (C=O) groups is 1. The van der Waals surface area contributed by atoms with E-state index in [0.29, 0.717) is 0 Å². The van der Waals surface area contributed by atoms with Crippen molar-refractivity contribution in [2.75, 3.05) is 11.6 Å². The van der Waals surface area contributed by atoms with E-state index in [1.807, 2.05) is 5.01 Å². The molecule has 1 aromatic rings. The van der Waals surface area contributed by atoms with Crippen LogP contribution in [0.5, 0.6) is 0 Å². The SMILES string of the molecule is CC(=O)NC1=NN(c2nc3c(s2)CCCC3)CC1.Cl. The molecule has 0 saturated carbocycles. The number of hydrogen-bond acceptors (Lipinski definition) is 5. The zero-order valence-electron chi connectivity index (χ0n) is 10.8. The predicted molar refractivity (Wildman–Crippen MR) is 79.2 cm³/mol. The molecule has 0 bridgehead atoms. The zero-order valence-corrected chi connectivity index (χ0v) is 12.4. The average molecular weight is 301 g/mol. The number of thiazole rings is 1. The normalized spacial score (nSPS) is 17.5. The summed E-state index contributed by atoms with van der Waals surface area (Å²) < 4.78 is 0. The molecular weight excluding hydrogens is 284 g/mol. The highest BCUT2D eigenvalue weighted by atomic mass is 35.5. The van der Waals surface area contributed by atoms with Gasteiger partial charge in [0.2, 0.25) is 11.0 Å². The van der Waals surface area contributed by atoms with Crippen LogP contribution in [-0.4, -0.2) is 23.3 Å². The van der Waals surface area contributed by atoms with Gasteiger partial charge >= 0.3 is 0 Å². The topological polar surface area (TPSA) is 57.6 Å². The number of anilines is 1. The highest BCUT2D eigenvalue weighted by molar-refractivity contribution is 7.15. The van der Waals surface area contributed by atoms with Gasteiger partial charge in [0.15, 0.2) is 0 Å². The molecule has 0 fully saturated rings. The number of amides is 1. The van der Waals surface area contributed by atoms with Crippen LogP contribution in [0.2, 0.25) is 0 Å². The molecule has 3 rings (SSSR count). The number of halogens is 1. The van der Waals surface area contributed by atoms with Crippen molar-refractivity contribution >= 4 is 40.6 Å².